The van der Waals surface area contributed by atoms with Gasteiger partial charge in [-0.05, 0) is 6.07 Å². The molecule has 1 aromatic heterocycles. The van der Waals surface area contributed by atoms with Crippen molar-refractivity contribution in [3.8, 4) is 11.5 Å². The van der Waals surface area contributed by atoms with Crippen LogP contribution < -0.4 is 20.5 Å². The monoisotopic (exact) mass is 353 g/mol. The minimum absolute atomic E-state index is 0.190. The molecule has 0 fully saturated rings. The normalized spacial score (nSPS) is 18.7. The van der Waals surface area contributed by atoms with Crippen LogP contribution in [0.25, 0.3) is 11.0 Å². The molecule has 26 heavy (non-hydrogen) atoms. The predicted molar refractivity (Wildman–Crippen MR) is 95.1 cm³/mol. The molecule has 2 aromatic carbocycles. The highest BCUT2D eigenvalue weighted by molar-refractivity contribution is 5.95. The summed E-state index contributed by atoms with van der Waals surface area (Å²) in [7, 11) is 0. The molecule has 0 amide bonds. The van der Waals surface area contributed by atoms with E-state index >= 15 is 0 Å². The van der Waals surface area contributed by atoms with E-state index in [1.807, 2.05) is 16.7 Å². The molecule has 8 heteroatoms. The summed E-state index contributed by atoms with van der Waals surface area (Å²) in [5.41, 5.74) is 7.79. The number of imidazole rings is 1. The van der Waals surface area contributed by atoms with Crippen LogP contribution in [0.2, 0.25) is 0 Å². The van der Waals surface area contributed by atoms with Crippen LogP contribution in [-0.4, -0.2) is 28.7 Å². The molecule has 5 rings (SSSR count). The van der Waals surface area contributed by atoms with E-state index in [-0.39, 0.29) is 11.8 Å². The Bertz CT molecular complexity index is 1050. The topological polar surface area (TPSA) is 86.7 Å². The van der Waals surface area contributed by atoms with Crippen LogP contribution in [0, 0.1) is 5.82 Å². The first-order chi connectivity index (χ1) is 12.7. The summed E-state index contributed by atoms with van der Waals surface area (Å²) in [6, 6.07) is 10.2. The SMILES string of the molecule is NC1=NC(c2ccccc2F)n2c(nc3cc4c(cc32)OCCCO4)N1. The van der Waals surface area contributed by atoms with Gasteiger partial charge in [-0.15, -0.1) is 0 Å². The fourth-order valence-corrected chi connectivity index (χ4v) is 3.32. The lowest BCUT2D eigenvalue weighted by atomic mass is 10.1. The van der Waals surface area contributed by atoms with Crippen LogP contribution in [0.3, 0.4) is 0 Å². The molecule has 7 nitrogen and oxygen atoms in total. The number of hydrogen-bond acceptors (Lipinski definition) is 6. The fraction of sp³-hybridized carbons (Fsp3) is 0.222. The Labute approximate surface area is 148 Å². The van der Waals surface area contributed by atoms with Crippen molar-refractivity contribution in [1.82, 2.24) is 9.55 Å². The quantitative estimate of drug-likeness (QED) is 0.702. The second kappa shape index (κ2) is 5.62. The molecule has 0 spiro atoms. The second-order valence-electron chi connectivity index (χ2n) is 6.18. The maximum atomic E-state index is 14.4. The van der Waals surface area contributed by atoms with Gasteiger partial charge < -0.3 is 15.2 Å². The number of benzene rings is 2. The van der Waals surface area contributed by atoms with Crippen LogP contribution in [-0.2, 0) is 0 Å². The van der Waals surface area contributed by atoms with Crippen molar-refractivity contribution >= 4 is 22.9 Å². The van der Waals surface area contributed by atoms with E-state index in [9.17, 15) is 4.39 Å². The first-order valence-electron chi connectivity index (χ1n) is 8.37. The highest BCUT2D eigenvalue weighted by Gasteiger charge is 2.28. The standard InChI is InChI=1S/C18H16FN5O2/c19-11-5-2-1-4-10(11)16-22-17(20)23-18-21-12-8-14-15(9-13(12)24(16)18)26-7-3-6-25-14/h1-2,4-5,8-9,16H,3,6-7H2,(H3,20,21,22,23). The Balaban J connectivity index is 1.74. The number of anilines is 1. The average molecular weight is 353 g/mol. The first kappa shape index (κ1) is 15.0. The number of aliphatic imine (C=N–C) groups is 1. The summed E-state index contributed by atoms with van der Waals surface area (Å²) in [6.45, 7) is 1.18. The van der Waals surface area contributed by atoms with Gasteiger partial charge in [0, 0.05) is 24.1 Å². The van der Waals surface area contributed by atoms with E-state index in [0.29, 0.717) is 41.7 Å². The second-order valence-corrected chi connectivity index (χ2v) is 6.18. The van der Waals surface area contributed by atoms with E-state index < -0.39 is 6.17 Å². The lowest BCUT2D eigenvalue weighted by Gasteiger charge is -2.24. The zero-order chi connectivity index (χ0) is 17.7. The van der Waals surface area contributed by atoms with Gasteiger partial charge in [0.25, 0.3) is 0 Å². The van der Waals surface area contributed by atoms with Crippen molar-refractivity contribution < 1.29 is 13.9 Å². The minimum atomic E-state index is -0.651. The molecule has 3 heterocycles. The van der Waals surface area contributed by atoms with Gasteiger partial charge in [0.1, 0.15) is 5.82 Å². The molecule has 0 radical (unpaired) electrons. The van der Waals surface area contributed by atoms with Crippen molar-refractivity contribution in [3.63, 3.8) is 0 Å². The molecular weight excluding hydrogens is 337 g/mol. The molecule has 2 aliphatic heterocycles. The first-order valence-corrected chi connectivity index (χ1v) is 8.37. The van der Waals surface area contributed by atoms with Gasteiger partial charge >= 0.3 is 0 Å². The molecule has 0 bridgehead atoms. The van der Waals surface area contributed by atoms with Crippen molar-refractivity contribution in [2.24, 2.45) is 10.7 Å². The average Bonchev–Trinajstić information content (AvgIpc) is 2.81. The number of nitrogens with two attached hydrogens (primary N) is 1. The lowest BCUT2D eigenvalue weighted by Crippen LogP contribution is -2.31. The van der Waals surface area contributed by atoms with Crippen molar-refractivity contribution in [3.05, 3.63) is 47.8 Å². The summed E-state index contributed by atoms with van der Waals surface area (Å²) in [5.74, 6) is 1.64. The molecule has 1 atom stereocenters. The molecule has 2 aliphatic rings. The van der Waals surface area contributed by atoms with Crippen molar-refractivity contribution in [1.29, 1.82) is 0 Å². The van der Waals surface area contributed by atoms with Crippen molar-refractivity contribution in [2.45, 2.75) is 12.6 Å². The van der Waals surface area contributed by atoms with Crippen LogP contribution in [0.1, 0.15) is 18.2 Å². The van der Waals surface area contributed by atoms with Gasteiger partial charge in [0.2, 0.25) is 5.95 Å². The van der Waals surface area contributed by atoms with Gasteiger partial charge in [-0.25, -0.2) is 14.4 Å². The lowest BCUT2D eigenvalue weighted by molar-refractivity contribution is 0.297. The number of ether oxygens (including phenoxy) is 2. The summed E-state index contributed by atoms with van der Waals surface area (Å²) in [6.07, 6.45) is 0.167. The van der Waals surface area contributed by atoms with Crippen LogP contribution in [0.4, 0.5) is 10.3 Å². The number of hydrogen-bond donors (Lipinski definition) is 2. The number of aromatic nitrogens is 2. The third-order valence-electron chi connectivity index (χ3n) is 4.49. The number of nitrogens with one attached hydrogen (secondary N) is 1. The molecule has 3 N–H and O–H groups in total. The highest BCUT2D eigenvalue weighted by atomic mass is 19.1. The van der Waals surface area contributed by atoms with Crippen LogP contribution >= 0.6 is 0 Å². The number of nitrogens with zero attached hydrogens (tertiary/aromatic N) is 3. The molecule has 0 saturated carbocycles. The Morgan fingerprint density at radius 1 is 1.15 bits per heavy atom. The predicted octanol–water partition coefficient (Wildman–Crippen LogP) is 2.62. The Morgan fingerprint density at radius 2 is 1.92 bits per heavy atom. The van der Waals surface area contributed by atoms with E-state index in [2.05, 4.69) is 15.3 Å². The molecular formula is C18H16FN5O2. The highest BCUT2D eigenvalue weighted by Crippen LogP contribution is 2.39. The number of guanidine groups is 1. The zero-order valence-electron chi connectivity index (χ0n) is 13.8. The van der Waals surface area contributed by atoms with Gasteiger partial charge in [0.05, 0.1) is 24.2 Å². The largest absolute Gasteiger partial charge is 0.489 e. The van der Waals surface area contributed by atoms with Crippen molar-refractivity contribution in [2.75, 3.05) is 18.5 Å². The van der Waals surface area contributed by atoms with E-state index in [0.717, 1.165) is 11.9 Å². The molecule has 0 saturated heterocycles. The van der Waals surface area contributed by atoms with Crippen LogP contribution in [0.5, 0.6) is 11.5 Å². The van der Waals surface area contributed by atoms with E-state index in [1.165, 1.54) is 6.07 Å². The Hall–Kier alpha value is -3.29. The number of fused-ring (bicyclic) bond motifs is 4. The Morgan fingerprint density at radius 3 is 2.73 bits per heavy atom. The fourth-order valence-electron chi connectivity index (χ4n) is 3.32. The summed E-state index contributed by atoms with van der Waals surface area (Å²) in [4.78, 5) is 8.98. The minimum Gasteiger partial charge on any atom is -0.489 e. The third kappa shape index (κ3) is 2.26. The molecule has 132 valence electrons. The van der Waals surface area contributed by atoms with Gasteiger partial charge in [-0.1, -0.05) is 18.2 Å². The smallest absolute Gasteiger partial charge is 0.212 e. The van der Waals surface area contributed by atoms with Crippen LogP contribution in [0.15, 0.2) is 41.4 Å². The van der Waals surface area contributed by atoms with E-state index in [4.69, 9.17) is 15.2 Å². The van der Waals surface area contributed by atoms with Gasteiger partial charge in [0.15, 0.2) is 23.6 Å². The zero-order valence-corrected chi connectivity index (χ0v) is 13.8. The summed E-state index contributed by atoms with van der Waals surface area (Å²) < 4.78 is 27.8. The molecule has 1 unspecified atom stereocenters. The maximum Gasteiger partial charge on any atom is 0.212 e. The molecule has 3 aromatic rings. The number of rotatable bonds is 1. The van der Waals surface area contributed by atoms with E-state index in [1.54, 1.807) is 18.2 Å². The molecule has 0 aliphatic carbocycles. The van der Waals surface area contributed by atoms with Gasteiger partial charge in [-0.3, -0.25) is 9.88 Å². The maximum absolute atomic E-state index is 14.4. The van der Waals surface area contributed by atoms with Gasteiger partial charge in [-0.2, -0.15) is 0 Å². The third-order valence-corrected chi connectivity index (χ3v) is 4.49. The summed E-state index contributed by atoms with van der Waals surface area (Å²) >= 11 is 0. The Kier molecular flexibility index (Phi) is 3.24. The number of halogens is 1. The summed E-state index contributed by atoms with van der Waals surface area (Å²) in [5, 5.41) is 2.95.